The van der Waals surface area contributed by atoms with Gasteiger partial charge >= 0.3 is 0 Å². The standard InChI is InChI=1S/C11H21N/c1-10-3-2-4-11(9-10)5-7-12-8-6-11/h10,12H,2-9H2,1H3. The van der Waals surface area contributed by atoms with E-state index in [-0.39, 0.29) is 0 Å². The van der Waals surface area contributed by atoms with E-state index in [2.05, 4.69) is 12.2 Å². The van der Waals surface area contributed by atoms with Crippen LogP contribution in [-0.2, 0) is 0 Å². The van der Waals surface area contributed by atoms with E-state index in [1.54, 1.807) is 0 Å². The molecule has 12 heavy (non-hydrogen) atoms. The average Bonchev–Trinajstić information content (AvgIpc) is 2.05. The molecule has 1 nitrogen and oxygen atoms in total. The van der Waals surface area contributed by atoms with E-state index in [9.17, 15) is 0 Å². The van der Waals surface area contributed by atoms with Crippen LogP contribution in [0.1, 0.15) is 45.4 Å². The predicted octanol–water partition coefficient (Wildman–Crippen LogP) is 2.57. The van der Waals surface area contributed by atoms with Crippen LogP contribution in [0.15, 0.2) is 0 Å². The second kappa shape index (κ2) is 3.37. The Kier molecular flexibility index (Phi) is 2.40. The summed E-state index contributed by atoms with van der Waals surface area (Å²) in [6.45, 7) is 4.97. The van der Waals surface area contributed by atoms with Crippen LogP contribution >= 0.6 is 0 Å². The van der Waals surface area contributed by atoms with Crippen LogP contribution in [0.4, 0.5) is 0 Å². The Morgan fingerprint density at radius 3 is 2.58 bits per heavy atom. The largest absolute Gasteiger partial charge is 0.317 e. The fraction of sp³-hybridized carbons (Fsp3) is 1.00. The first-order chi connectivity index (χ1) is 5.81. The molecule has 1 aliphatic heterocycles. The smallest absolute Gasteiger partial charge is 0.00436 e. The monoisotopic (exact) mass is 167 g/mol. The maximum Gasteiger partial charge on any atom is -0.00436 e. The molecule has 2 rings (SSSR count). The third-order valence-corrected chi connectivity index (χ3v) is 3.85. The molecule has 0 aromatic carbocycles. The third-order valence-electron chi connectivity index (χ3n) is 3.85. The van der Waals surface area contributed by atoms with Crippen molar-refractivity contribution in [1.82, 2.24) is 5.32 Å². The molecule has 1 heterocycles. The van der Waals surface area contributed by atoms with Gasteiger partial charge in [0.05, 0.1) is 0 Å². The maximum atomic E-state index is 3.47. The van der Waals surface area contributed by atoms with Crippen molar-refractivity contribution in [1.29, 1.82) is 0 Å². The number of piperidine rings is 1. The molecule has 0 radical (unpaired) electrons. The first-order valence-corrected chi connectivity index (χ1v) is 5.52. The number of rotatable bonds is 0. The Bertz CT molecular complexity index is 142. The lowest BCUT2D eigenvalue weighted by Gasteiger charge is -2.43. The van der Waals surface area contributed by atoms with Gasteiger partial charge in [0.1, 0.15) is 0 Å². The van der Waals surface area contributed by atoms with Gasteiger partial charge in [0.15, 0.2) is 0 Å². The Hall–Kier alpha value is -0.0400. The van der Waals surface area contributed by atoms with Crippen LogP contribution in [0.25, 0.3) is 0 Å². The van der Waals surface area contributed by atoms with Crippen LogP contribution in [-0.4, -0.2) is 13.1 Å². The van der Waals surface area contributed by atoms with Gasteiger partial charge in [-0.15, -0.1) is 0 Å². The van der Waals surface area contributed by atoms with Gasteiger partial charge in [-0.25, -0.2) is 0 Å². The normalized spacial score (nSPS) is 35.2. The van der Waals surface area contributed by atoms with Crippen molar-refractivity contribution in [3.63, 3.8) is 0 Å². The zero-order valence-electron chi connectivity index (χ0n) is 8.23. The summed E-state index contributed by atoms with van der Waals surface area (Å²) in [6.07, 6.45) is 8.87. The van der Waals surface area contributed by atoms with Crippen molar-refractivity contribution in [2.45, 2.75) is 45.4 Å². The molecule has 1 saturated carbocycles. The lowest BCUT2D eigenvalue weighted by atomic mass is 9.65. The minimum atomic E-state index is 0.767. The molecular weight excluding hydrogens is 146 g/mol. The molecule has 0 aromatic heterocycles. The number of hydrogen-bond acceptors (Lipinski definition) is 1. The van der Waals surface area contributed by atoms with Gasteiger partial charge < -0.3 is 5.32 Å². The molecular formula is C11H21N. The van der Waals surface area contributed by atoms with E-state index >= 15 is 0 Å². The van der Waals surface area contributed by atoms with Gasteiger partial charge in [-0.3, -0.25) is 0 Å². The molecule has 0 amide bonds. The van der Waals surface area contributed by atoms with E-state index in [1.165, 1.54) is 51.6 Å². The molecule has 0 bridgehead atoms. The molecule has 1 heteroatoms. The van der Waals surface area contributed by atoms with Crippen molar-refractivity contribution in [3.8, 4) is 0 Å². The van der Waals surface area contributed by atoms with Crippen LogP contribution < -0.4 is 5.32 Å². The quantitative estimate of drug-likeness (QED) is 0.584. The highest BCUT2D eigenvalue weighted by atomic mass is 14.9. The SMILES string of the molecule is CC1CCCC2(CCNCC2)C1. The molecule has 1 unspecified atom stereocenters. The van der Waals surface area contributed by atoms with E-state index in [4.69, 9.17) is 0 Å². The van der Waals surface area contributed by atoms with E-state index in [0.29, 0.717) is 0 Å². The van der Waals surface area contributed by atoms with Crippen molar-refractivity contribution in [2.75, 3.05) is 13.1 Å². The summed E-state index contributed by atoms with van der Waals surface area (Å²) >= 11 is 0. The van der Waals surface area contributed by atoms with Crippen LogP contribution in [0.5, 0.6) is 0 Å². The van der Waals surface area contributed by atoms with Crippen molar-refractivity contribution >= 4 is 0 Å². The van der Waals surface area contributed by atoms with Gasteiger partial charge in [0.2, 0.25) is 0 Å². The van der Waals surface area contributed by atoms with Gasteiger partial charge in [-0.1, -0.05) is 19.8 Å². The second-order valence-corrected chi connectivity index (χ2v) is 4.95. The molecule has 1 spiro atoms. The summed E-state index contributed by atoms with van der Waals surface area (Å²) in [4.78, 5) is 0. The topological polar surface area (TPSA) is 12.0 Å². The molecule has 2 fully saturated rings. The molecule has 1 atom stereocenters. The van der Waals surface area contributed by atoms with Crippen LogP contribution in [0, 0.1) is 11.3 Å². The fourth-order valence-corrected chi connectivity index (χ4v) is 3.18. The summed E-state index contributed by atoms with van der Waals surface area (Å²) in [5.74, 6) is 0.997. The summed E-state index contributed by atoms with van der Waals surface area (Å²) in [6, 6.07) is 0. The Morgan fingerprint density at radius 2 is 1.92 bits per heavy atom. The first-order valence-electron chi connectivity index (χ1n) is 5.52. The van der Waals surface area contributed by atoms with Gasteiger partial charge in [-0.05, 0) is 50.1 Å². The number of nitrogens with one attached hydrogen (secondary N) is 1. The van der Waals surface area contributed by atoms with Crippen molar-refractivity contribution < 1.29 is 0 Å². The lowest BCUT2D eigenvalue weighted by molar-refractivity contribution is 0.102. The van der Waals surface area contributed by atoms with Gasteiger partial charge in [0.25, 0.3) is 0 Å². The molecule has 2 aliphatic rings. The molecule has 0 aromatic rings. The van der Waals surface area contributed by atoms with Crippen molar-refractivity contribution in [3.05, 3.63) is 0 Å². The van der Waals surface area contributed by atoms with E-state index < -0.39 is 0 Å². The lowest BCUT2D eigenvalue weighted by Crippen LogP contribution is -2.39. The molecule has 1 aliphatic carbocycles. The summed E-state index contributed by atoms with van der Waals surface area (Å²) in [5, 5.41) is 3.47. The molecule has 1 N–H and O–H groups in total. The first kappa shape index (κ1) is 8.55. The summed E-state index contributed by atoms with van der Waals surface area (Å²) in [7, 11) is 0. The fourth-order valence-electron chi connectivity index (χ4n) is 3.18. The summed E-state index contributed by atoms with van der Waals surface area (Å²) in [5.41, 5.74) is 0.767. The van der Waals surface area contributed by atoms with E-state index in [1.807, 2.05) is 0 Å². The highest BCUT2D eigenvalue weighted by Crippen LogP contribution is 2.45. The Morgan fingerprint density at radius 1 is 1.17 bits per heavy atom. The highest BCUT2D eigenvalue weighted by molar-refractivity contribution is 4.88. The van der Waals surface area contributed by atoms with Crippen LogP contribution in [0.3, 0.4) is 0 Å². The Labute approximate surface area is 75.9 Å². The van der Waals surface area contributed by atoms with Crippen LogP contribution in [0.2, 0.25) is 0 Å². The summed E-state index contributed by atoms with van der Waals surface area (Å²) < 4.78 is 0. The Balaban J connectivity index is 1.97. The van der Waals surface area contributed by atoms with Gasteiger partial charge in [0, 0.05) is 0 Å². The molecule has 70 valence electrons. The average molecular weight is 167 g/mol. The van der Waals surface area contributed by atoms with Crippen molar-refractivity contribution in [2.24, 2.45) is 11.3 Å². The second-order valence-electron chi connectivity index (χ2n) is 4.95. The zero-order valence-corrected chi connectivity index (χ0v) is 8.23. The third kappa shape index (κ3) is 1.66. The maximum absolute atomic E-state index is 3.47. The number of hydrogen-bond donors (Lipinski definition) is 1. The molecule has 1 saturated heterocycles. The zero-order chi connectivity index (χ0) is 8.44. The predicted molar refractivity (Wildman–Crippen MR) is 52.2 cm³/mol. The highest BCUT2D eigenvalue weighted by Gasteiger charge is 2.35. The van der Waals surface area contributed by atoms with E-state index in [0.717, 1.165) is 11.3 Å². The minimum absolute atomic E-state index is 0.767. The minimum Gasteiger partial charge on any atom is -0.317 e. The van der Waals surface area contributed by atoms with Gasteiger partial charge in [-0.2, -0.15) is 0 Å².